The molecule has 2 nitrogen and oxygen atoms in total. The van der Waals surface area contributed by atoms with Crippen molar-refractivity contribution < 1.29 is 9.90 Å². The fourth-order valence-electron chi connectivity index (χ4n) is 1.05. The standard InChI is InChI=1S/C10H20O2/c1-5-7(2)6-10(12)8(3)9(4)11/h7-8,10,12H,5-6H2,1-4H3/t7?,8-,10-/m1/s1. The Bertz CT molecular complexity index is 143. The number of carbonyl (C=O) groups is 1. The van der Waals surface area contributed by atoms with Crippen LogP contribution in [0.15, 0.2) is 0 Å². The van der Waals surface area contributed by atoms with Crippen LogP contribution in [0.2, 0.25) is 0 Å². The zero-order valence-electron chi connectivity index (χ0n) is 8.50. The number of aliphatic hydroxyl groups is 1. The summed E-state index contributed by atoms with van der Waals surface area (Å²) < 4.78 is 0. The van der Waals surface area contributed by atoms with Crippen molar-refractivity contribution in [2.75, 3.05) is 0 Å². The number of Topliss-reactive ketones (excluding diaryl/α,β-unsaturated/α-hetero) is 1. The maximum absolute atomic E-state index is 10.9. The molecule has 0 heterocycles. The molecule has 1 unspecified atom stereocenters. The number of rotatable bonds is 5. The van der Waals surface area contributed by atoms with Crippen molar-refractivity contribution in [2.45, 2.75) is 46.6 Å². The molecule has 0 rings (SSSR count). The molecule has 0 aliphatic rings. The summed E-state index contributed by atoms with van der Waals surface area (Å²) in [6.07, 6.45) is 1.33. The Morgan fingerprint density at radius 3 is 2.25 bits per heavy atom. The lowest BCUT2D eigenvalue weighted by Crippen LogP contribution is -2.25. The Kier molecular flexibility index (Phi) is 5.14. The average molecular weight is 172 g/mol. The number of hydrogen-bond donors (Lipinski definition) is 1. The Morgan fingerprint density at radius 1 is 1.42 bits per heavy atom. The summed E-state index contributed by atoms with van der Waals surface area (Å²) in [5.41, 5.74) is 0. The second-order valence-electron chi connectivity index (χ2n) is 3.72. The van der Waals surface area contributed by atoms with Crippen molar-refractivity contribution in [3.63, 3.8) is 0 Å². The highest BCUT2D eigenvalue weighted by molar-refractivity contribution is 5.78. The molecule has 0 fully saturated rings. The maximum atomic E-state index is 10.9. The Hall–Kier alpha value is -0.370. The summed E-state index contributed by atoms with van der Waals surface area (Å²) in [7, 11) is 0. The van der Waals surface area contributed by atoms with Gasteiger partial charge in [-0.2, -0.15) is 0 Å². The van der Waals surface area contributed by atoms with Gasteiger partial charge in [-0.3, -0.25) is 4.79 Å². The number of hydrogen-bond acceptors (Lipinski definition) is 2. The normalized spacial score (nSPS) is 18.4. The molecule has 1 N–H and O–H groups in total. The highest BCUT2D eigenvalue weighted by Crippen LogP contribution is 2.16. The lowest BCUT2D eigenvalue weighted by atomic mass is 9.91. The van der Waals surface area contributed by atoms with E-state index in [1.54, 1.807) is 6.92 Å². The summed E-state index contributed by atoms with van der Waals surface area (Å²) >= 11 is 0. The van der Waals surface area contributed by atoms with E-state index >= 15 is 0 Å². The second-order valence-corrected chi connectivity index (χ2v) is 3.72. The minimum atomic E-state index is -0.461. The number of ketones is 1. The summed E-state index contributed by atoms with van der Waals surface area (Å²) in [6.45, 7) is 7.51. The van der Waals surface area contributed by atoms with Gasteiger partial charge >= 0.3 is 0 Å². The molecule has 0 aliphatic heterocycles. The van der Waals surface area contributed by atoms with Crippen molar-refractivity contribution in [3.05, 3.63) is 0 Å². The molecule has 2 heteroatoms. The van der Waals surface area contributed by atoms with Crippen LogP contribution in [-0.4, -0.2) is 17.0 Å². The van der Waals surface area contributed by atoms with Gasteiger partial charge in [0.2, 0.25) is 0 Å². The zero-order valence-corrected chi connectivity index (χ0v) is 8.50. The van der Waals surface area contributed by atoms with Crippen LogP contribution in [-0.2, 0) is 4.79 Å². The van der Waals surface area contributed by atoms with E-state index in [2.05, 4.69) is 13.8 Å². The largest absolute Gasteiger partial charge is 0.392 e. The Balaban J connectivity index is 3.86. The molecule has 0 radical (unpaired) electrons. The lowest BCUT2D eigenvalue weighted by molar-refractivity contribution is -0.123. The molecular formula is C10H20O2. The quantitative estimate of drug-likeness (QED) is 0.688. The smallest absolute Gasteiger partial charge is 0.135 e. The number of carbonyl (C=O) groups excluding carboxylic acids is 1. The van der Waals surface area contributed by atoms with Gasteiger partial charge in [-0.1, -0.05) is 27.2 Å². The van der Waals surface area contributed by atoms with Crippen LogP contribution >= 0.6 is 0 Å². The minimum absolute atomic E-state index is 0.0748. The van der Waals surface area contributed by atoms with E-state index in [1.165, 1.54) is 6.92 Å². The van der Waals surface area contributed by atoms with E-state index < -0.39 is 6.10 Å². The van der Waals surface area contributed by atoms with Crippen LogP contribution in [0.5, 0.6) is 0 Å². The van der Waals surface area contributed by atoms with Gasteiger partial charge in [0, 0.05) is 5.92 Å². The van der Waals surface area contributed by atoms with Crippen LogP contribution in [0.1, 0.15) is 40.5 Å². The van der Waals surface area contributed by atoms with Gasteiger partial charge in [-0.25, -0.2) is 0 Å². The molecule has 0 aliphatic carbocycles. The van der Waals surface area contributed by atoms with Crippen LogP contribution < -0.4 is 0 Å². The fraction of sp³-hybridized carbons (Fsp3) is 0.900. The van der Waals surface area contributed by atoms with E-state index in [9.17, 15) is 9.90 Å². The van der Waals surface area contributed by atoms with E-state index in [-0.39, 0.29) is 11.7 Å². The Morgan fingerprint density at radius 2 is 1.92 bits per heavy atom. The third kappa shape index (κ3) is 3.86. The lowest BCUT2D eigenvalue weighted by Gasteiger charge is -2.19. The topological polar surface area (TPSA) is 37.3 Å². The van der Waals surface area contributed by atoms with Crippen LogP contribution in [0.3, 0.4) is 0 Å². The third-order valence-corrected chi connectivity index (χ3v) is 2.56. The van der Waals surface area contributed by atoms with Gasteiger partial charge in [0.15, 0.2) is 0 Å². The van der Waals surface area contributed by atoms with Gasteiger partial charge in [0.05, 0.1) is 6.10 Å². The molecule has 0 aromatic carbocycles. The molecule has 0 amide bonds. The summed E-state index contributed by atoms with van der Waals surface area (Å²) in [6, 6.07) is 0. The predicted octanol–water partition coefficient (Wildman–Crippen LogP) is 2.01. The van der Waals surface area contributed by atoms with E-state index in [0.29, 0.717) is 5.92 Å². The molecule has 0 bridgehead atoms. The molecule has 72 valence electrons. The van der Waals surface area contributed by atoms with Crippen molar-refractivity contribution in [2.24, 2.45) is 11.8 Å². The molecule has 12 heavy (non-hydrogen) atoms. The van der Waals surface area contributed by atoms with Crippen LogP contribution in [0, 0.1) is 11.8 Å². The average Bonchev–Trinajstić information content (AvgIpc) is 2.02. The maximum Gasteiger partial charge on any atom is 0.135 e. The third-order valence-electron chi connectivity index (χ3n) is 2.56. The monoisotopic (exact) mass is 172 g/mol. The van der Waals surface area contributed by atoms with E-state index in [0.717, 1.165) is 12.8 Å². The Labute approximate surface area is 75.0 Å². The first kappa shape index (κ1) is 11.6. The molecule has 0 saturated heterocycles. The van der Waals surface area contributed by atoms with Crippen molar-refractivity contribution in [1.82, 2.24) is 0 Å². The van der Waals surface area contributed by atoms with Gasteiger partial charge < -0.3 is 5.11 Å². The summed E-state index contributed by atoms with van der Waals surface area (Å²) in [5.74, 6) is 0.367. The highest BCUT2D eigenvalue weighted by Gasteiger charge is 2.19. The van der Waals surface area contributed by atoms with E-state index in [4.69, 9.17) is 0 Å². The van der Waals surface area contributed by atoms with Crippen molar-refractivity contribution in [3.8, 4) is 0 Å². The molecule has 0 aromatic rings. The fourth-order valence-corrected chi connectivity index (χ4v) is 1.05. The van der Waals surface area contributed by atoms with Crippen molar-refractivity contribution >= 4 is 5.78 Å². The van der Waals surface area contributed by atoms with Crippen molar-refractivity contribution in [1.29, 1.82) is 0 Å². The zero-order chi connectivity index (χ0) is 9.72. The van der Waals surface area contributed by atoms with E-state index in [1.807, 2.05) is 0 Å². The highest BCUT2D eigenvalue weighted by atomic mass is 16.3. The predicted molar refractivity (Wildman–Crippen MR) is 49.9 cm³/mol. The summed E-state index contributed by atoms with van der Waals surface area (Å²) in [5, 5.41) is 9.57. The molecule has 0 spiro atoms. The minimum Gasteiger partial charge on any atom is -0.392 e. The first-order chi connectivity index (χ1) is 5.49. The van der Waals surface area contributed by atoms with Gasteiger partial charge in [0.25, 0.3) is 0 Å². The van der Waals surface area contributed by atoms with Crippen LogP contribution in [0.4, 0.5) is 0 Å². The second kappa shape index (κ2) is 5.31. The molecule has 0 saturated carbocycles. The van der Waals surface area contributed by atoms with Gasteiger partial charge in [0.1, 0.15) is 5.78 Å². The van der Waals surface area contributed by atoms with Gasteiger partial charge in [-0.15, -0.1) is 0 Å². The first-order valence-corrected chi connectivity index (χ1v) is 4.67. The van der Waals surface area contributed by atoms with Gasteiger partial charge in [-0.05, 0) is 19.3 Å². The van der Waals surface area contributed by atoms with Crippen LogP contribution in [0.25, 0.3) is 0 Å². The number of aliphatic hydroxyl groups excluding tert-OH is 1. The molecule has 3 atom stereocenters. The molecule has 0 aromatic heterocycles. The SMILES string of the molecule is CCC(C)C[C@@H](O)[C@H](C)C(C)=O. The summed E-state index contributed by atoms with van der Waals surface area (Å²) in [4.78, 5) is 10.9. The molecular weight excluding hydrogens is 152 g/mol. The first-order valence-electron chi connectivity index (χ1n) is 4.67.